The van der Waals surface area contributed by atoms with Gasteiger partial charge >= 0.3 is 6.09 Å². The van der Waals surface area contributed by atoms with Gasteiger partial charge in [0.05, 0.1) is 17.5 Å². The number of nitrogens with zero attached hydrogens (tertiary/aromatic N) is 5. The number of aromatic nitrogens is 3. The molecule has 0 spiro atoms. The number of amides is 2. The number of carbonyl (C=O) groups excluding carboxylic acids is 2. The molecule has 0 fully saturated rings. The number of hydrogen-bond donors (Lipinski definition) is 2. The smallest absolute Gasteiger partial charge is 0.407 e. The Labute approximate surface area is 259 Å². The summed E-state index contributed by atoms with van der Waals surface area (Å²) in [6, 6.07) is 16.9. The van der Waals surface area contributed by atoms with Crippen molar-refractivity contribution in [3.05, 3.63) is 110 Å². The Morgan fingerprint density at radius 3 is 2.44 bits per heavy atom. The average Bonchev–Trinajstić information content (AvgIpc) is 3.33. The van der Waals surface area contributed by atoms with Gasteiger partial charge in [-0.1, -0.05) is 42.5 Å². The van der Waals surface area contributed by atoms with Crippen molar-refractivity contribution >= 4 is 29.3 Å². The van der Waals surface area contributed by atoms with Gasteiger partial charge in [-0.3, -0.25) is 34.2 Å². The molecule has 0 bridgehead atoms. The normalized spacial score (nSPS) is 13.2. The summed E-state index contributed by atoms with van der Waals surface area (Å²) in [7, 11) is 1.52. The van der Waals surface area contributed by atoms with Crippen LogP contribution in [0.1, 0.15) is 42.3 Å². The van der Waals surface area contributed by atoms with Crippen molar-refractivity contribution in [2.24, 2.45) is 7.05 Å². The highest BCUT2D eigenvalue weighted by Crippen LogP contribution is 2.36. The molecule has 2 aromatic carbocycles. The van der Waals surface area contributed by atoms with Crippen LogP contribution in [0.2, 0.25) is 0 Å². The van der Waals surface area contributed by atoms with E-state index in [1.165, 1.54) is 41.0 Å². The van der Waals surface area contributed by atoms with Crippen molar-refractivity contribution < 1.29 is 19.2 Å². The van der Waals surface area contributed by atoms with Crippen molar-refractivity contribution in [2.45, 2.75) is 45.4 Å². The zero-order valence-corrected chi connectivity index (χ0v) is 25.3. The summed E-state index contributed by atoms with van der Waals surface area (Å²) < 4.78 is 6.75. The number of anilines is 2. The van der Waals surface area contributed by atoms with Gasteiger partial charge in [-0.25, -0.2) is 9.78 Å². The van der Waals surface area contributed by atoms with Crippen LogP contribution in [0.5, 0.6) is 0 Å². The van der Waals surface area contributed by atoms with Crippen LogP contribution >= 0.6 is 0 Å². The van der Waals surface area contributed by atoms with Gasteiger partial charge in [0.1, 0.15) is 22.5 Å². The Hall–Kier alpha value is -5.59. The summed E-state index contributed by atoms with van der Waals surface area (Å²) in [5.41, 5.74) is 0.522. The topological polar surface area (TPSA) is 162 Å². The third kappa shape index (κ3) is 6.82. The van der Waals surface area contributed by atoms with Gasteiger partial charge in [0.25, 0.3) is 17.2 Å². The van der Waals surface area contributed by atoms with Crippen LogP contribution in [-0.2, 0) is 24.8 Å². The molecule has 45 heavy (non-hydrogen) atoms. The molecule has 2 N–H and O–H groups in total. The number of pyridine rings is 1. The lowest BCUT2D eigenvalue weighted by atomic mass is 10.1. The first-order valence-corrected chi connectivity index (χ1v) is 14.3. The predicted octanol–water partition coefficient (Wildman–Crippen LogP) is 4.46. The van der Waals surface area contributed by atoms with Gasteiger partial charge < -0.3 is 15.4 Å². The summed E-state index contributed by atoms with van der Waals surface area (Å²) in [5.74, 6) is -0.466. The molecule has 1 aliphatic heterocycles. The minimum absolute atomic E-state index is 0.0162. The molecule has 0 radical (unpaired) electrons. The van der Waals surface area contributed by atoms with Crippen LogP contribution in [0, 0.1) is 10.1 Å². The molecule has 232 valence electrons. The van der Waals surface area contributed by atoms with Gasteiger partial charge in [-0.05, 0) is 50.5 Å². The molecule has 5 rings (SSSR count). The average molecular weight is 612 g/mol. The number of nitro groups is 1. The Morgan fingerprint density at radius 2 is 1.78 bits per heavy atom. The van der Waals surface area contributed by atoms with Crippen LogP contribution in [0.15, 0.2) is 77.9 Å². The second-order valence-electron chi connectivity index (χ2n) is 11.6. The molecular weight excluding hydrogens is 578 g/mol. The molecule has 0 saturated heterocycles. The Balaban J connectivity index is 1.51. The lowest BCUT2D eigenvalue weighted by Gasteiger charge is -2.25. The number of hydrogen-bond acceptors (Lipinski definition) is 9. The lowest BCUT2D eigenvalue weighted by molar-refractivity contribution is -0.385. The largest absolute Gasteiger partial charge is 0.444 e. The van der Waals surface area contributed by atoms with Gasteiger partial charge in [0.2, 0.25) is 5.95 Å². The van der Waals surface area contributed by atoms with Crippen molar-refractivity contribution in [2.75, 3.05) is 16.8 Å². The van der Waals surface area contributed by atoms with E-state index in [0.717, 1.165) is 5.56 Å². The molecule has 4 aromatic rings. The van der Waals surface area contributed by atoms with Crippen molar-refractivity contribution in [3.63, 3.8) is 0 Å². The van der Waals surface area contributed by atoms with Crippen molar-refractivity contribution in [1.82, 2.24) is 19.9 Å². The number of fused-ring (bicyclic) bond motifs is 1. The van der Waals surface area contributed by atoms with E-state index >= 15 is 0 Å². The van der Waals surface area contributed by atoms with Gasteiger partial charge in [-0.15, -0.1) is 0 Å². The Kier molecular flexibility index (Phi) is 8.61. The molecular formula is C32H33N7O6. The highest BCUT2D eigenvalue weighted by atomic mass is 16.6. The zero-order chi connectivity index (χ0) is 32.3. The van der Waals surface area contributed by atoms with Crippen LogP contribution in [0.4, 0.5) is 22.1 Å². The van der Waals surface area contributed by atoms with Gasteiger partial charge in [-0.2, -0.15) is 0 Å². The SMILES string of the molecule is Cn1c(NC[C@H](Cc2ccccc2)NC(=O)OC(C)(C)C)nc(-c2ccncc2)c(N2Cc3cccc([N+](=O)[O-])c3C2=O)c1=O. The number of ether oxygens (including phenoxy) is 1. The summed E-state index contributed by atoms with van der Waals surface area (Å²) in [4.78, 5) is 61.5. The number of benzene rings is 2. The third-order valence-corrected chi connectivity index (χ3v) is 7.16. The fourth-order valence-corrected chi connectivity index (χ4v) is 5.14. The van der Waals surface area contributed by atoms with E-state index in [9.17, 15) is 24.5 Å². The fourth-order valence-electron chi connectivity index (χ4n) is 5.14. The van der Waals surface area contributed by atoms with E-state index in [-0.39, 0.29) is 41.7 Å². The maximum absolute atomic E-state index is 14.0. The minimum atomic E-state index is -0.692. The van der Waals surface area contributed by atoms with E-state index in [2.05, 4.69) is 15.6 Å². The van der Waals surface area contributed by atoms with Crippen LogP contribution in [-0.4, -0.2) is 49.6 Å². The first-order valence-electron chi connectivity index (χ1n) is 14.3. The second kappa shape index (κ2) is 12.6. The molecule has 2 aromatic heterocycles. The molecule has 0 saturated carbocycles. The van der Waals surface area contributed by atoms with Crippen LogP contribution in [0.25, 0.3) is 11.3 Å². The standard InChI is InChI=1S/C32H33N7O6/c1-32(2,3)45-31(42)35-23(17-20-9-6-5-7-10-20)18-34-30-36-26(21-13-15-33-16-14-21)27(29(41)37(30)4)38-19-22-11-8-12-24(39(43)44)25(22)28(38)40/h5-16,23H,17-19H2,1-4H3,(H,34,36)(H,35,42)/t23-/m0/s1. The molecule has 3 heterocycles. The molecule has 0 aliphatic carbocycles. The second-order valence-corrected chi connectivity index (χ2v) is 11.6. The van der Waals surface area contributed by atoms with Crippen LogP contribution < -0.4 is 21.1 Å². The van der Waals surface area contributed by atoms with Crippen LogP contribution in [0.3, 0.4) is 0 Å². The fraction of sp³-hybridized carbons (Fsp3) is 0.281. The quantitative estimate of drug-likeness (QED) is 0.206. The molecule has 0 unspecified atom stereocenters. The molecule has 13 nitrogen and oxygen atoms in total. The maximum Gasteiger partial charge on any atom is 0.407 e. The zero-order valence-electron chi connectivity index (χ0n) is 25.3. The number of nitro benzene ring substituents is 1. The predicted molar refractivity (Wildman–Crippen MR) is 168 cm³/mol. The summed E-state index contributed by atoms with van der Waals surface area (Å²) in [5, 5.41) is 17.8. The monoisotopic (exact) mass is 611 g/mol. The third-order valence-electron chi connectivity index (χ3n) is 7.16. The number of nitrogens with one attached hydrogen (secondary N) is 2. The Morgan fingerprint density at radius 1 is 1.07 bits per heavy atom. The molecule has 1 atom stereocenters. The molecule has 1 aliphatic rings. The van der Waals surface area contributed by atoms with E-state index < -0.39 is 34.1 Å². The molecule has 2 amide bonds. The van der Waals surface area contributed by atoms with E-state index in [1.54, 1.807) is 39.0 Å². The van der Waals surface area contributed by atoms with E-state index in [0.29, 0.717) is 17.5 Å². The number of carbonyl (C=O) groups is 2. The highest BCUT2D eigenvalue weighted by molar-refractivity contribution is 6.13. The van der Waals surface area contributed by atoms with E-state index in [1.807, 2.05) is 30.3 Å². The minimum Gasteiger partial charge on any atom is -0.444 e. The van der Waals surface area contributed by atoms with Crippen molar-refractivity contribution in [1.29, 1.82) is 0 Å². The first-order chi connectivity index (χ1) is 21.4. The van der Waals surface area contributed by atoms with Gasteiger partial charge in [0, 0.05) is 37.6 Å². The summed E-state index contributed by atoms with van der Waals surface area (Å²) in [6.07, 6.45) is 2.96. The summed E-state index contributed by atoms with van der Waals surface area (Å²) in [6.45, 7) is 5.49. The lowest BCUT2D eigenvalue weighted by Crippen LogP contribution is -2.44. The number of alkyl carbamates (subject to hydrolysis) is 1. The highest BCUT2D eigenvalue weighted by Gasteiger charge is 2.38. The van der Waals surface area contributed by atoms with E-state index in [4.69, 9.17) is 9.72 Å². The first kappa shape index (κ1) is 30.9. The molecule has 13 heteroatoms. The summed E-state index contributed by atoms with van der Waals surface area (Å²) >= 11 is 0. The number of rotatable bonds is 9. The van der Waals surface area contributed by atoms with Crippen molar-refractivity contribution in [3.8, 4) is 11.3 Å². The maximum atomic E-state index is 14.0. The Bertz CT molecular complexity index is 1800. The van der Waals surface area contributed by atoms with Gasteiger partial charge in [0.15, 0.2) is 0 Å².